The molecule has 0 bridgehead atoms. The molecule has 0 saturated carbocycles. The van der Waals surface area contributed by atoms with Crippen molar-refractivity contribution in [3.05, 3.63) is 73.7 Å². The maximum absolute atomic E-state index is 15.0. The van der Waals surface area contributed by atoms with Crippen LogP contribution in [0, 0.1) is 6.92 Å². The Labute approximate surface area is 228 Å². The van der Waals surface area contributed by atoms with Crippen LogP contribution in [0.1, 0.15) is 39.9 Å². The number of amides is 1. The van der Waals surface area contributed by atoms with Crippen molar-refractivity contribution < 1.29 is 40.3 Å². The Morgan fingerprint density at radius 3 is 2.05 bits per heavy atom. The van der Waals surface area contributed by atoms with Gasteiger partial charge in [0, 0.05) is 17.7 Å². The minimum Gasteiger partial charge on any atom is -0.339 e. The molecule has 2 aromatic carbocycles. The predicted molar refractivity (Wildman–Crippen MR) is 131 cm³/mol. The van der Waals surface area contributed by atoms with Gasteiger partial charge in [-0.3, -0.25) is 4.79 Å². The van der Waals surface area contributed by atoms with Gasteiger partial charge in [0.1, 0.15) is 23.6 Å². The van der Waals surface area contributed by atoms with E-state index in [9.17, 15) is 40.3 Å². The highest BCUT2D eigenvalue weighted by Crippen LogP contribution is 2.42. The Kier molecular flexibility index (Phi) is 10.3. The molecule has 0 heterocycles. The third-order valence-electron chi connectivity index (χ3n) is 5.25. The number of nitrogens with one attached hydrogen (secondary N) is 2. The summed E-state index contributed by atoms with van der Waals surface area (Å²) in [5.74, 6) is -4.56. The largest absolute Gasteiger partial charge is 0.401 e. The fourth-order valence-corrected chi connectivity index (χ4v) is 3.96. The van der Waals surface area contributed by atoms with Gasteiger partial charge in [0.05, 0.1) is 21.6 Å². The summed E-state index contributed by atoms with van der Waals surface area (Å²) in [6, 6.07) is 5.10. The van der Waals surface area contributed by atoms with E-state index in [1.807, 2.05) is 5.32 Å². The predicted octanol–water partition coefficient (Wildman–Crippen LogP) is 7.45. The topological polar surface area (TPSA) is 58.2 Å². The Bertz CT molecular complexity index is 1210. The molecule has 0 aliphatic rings. The van der Waals surface area contributed by atoms with E-state index >= 15 is 0 Å². The van der Waals surface area contributed by atoms with Crippen LogP contribution >= 0.6 is 34.8 Å². The quantitative estimate of drug-likeness (QED) is 0.177. The van der Waals surface area contributed by atoms with Gasteiger partial charge < -0.3 is 15.4 Å². The average molecular weight is 608 g/mol. The summed E-state index contributed by atoms with van der Waals surface area (Å²) in [6.45, 7) is 0.637. The maximum Gasteiger partial charge on any atom is 0.401 e. The molecule has 2 atom stereocenters. The van der Waals surface area contributed by atoms with E-state index in [2.05, 4.69) is 5.32 Å². The van der Waals surface area contributed by atoms with E-state index in [1.54, 1.807) is 0 Å². The molecular formula is C24H20Cl3F7N2O2. The Morgan fingerprint density at radius 1 is 1.00 bits per heavy atom. The molecule has 0 aromatic heterocycles. The van der Waals surface area contributed by atoms with Crippen molar-refractivity contribution in [2.45, 2.75) is 37.7 Å². The number of hydrogen-bond donors (Lipinski definition) is 2. The molecule has 1 unspecified atom stereocenters. The van der Waals surface area contributed by atoms with Crippen molar-refractivity contribution in [1.82, 2.24) is 10.6 Å². The lowest BCUT2D eigenvalue weighted by Crippen LogP contribution is -2.55. The maximum atomic E-state index is 15.0. The number of allylic oxidation sites excluding steroid dienone is 1. The molecule has 14 heteroatoms. The van der Waals surface area contributed by atoms with Gasteiger partial charge in [-0.05, 0) is 55.3 Å². The lowest BCUT2D eigenvalue weighted by Gasteiger charge is -2.26. The zero-order valence-corrected chi connectivity index (χ0v) is 21.9. The summed E-state index contributed by atoms with van der Waals surface area (Å²) in [7, 11) is 0. The van der Waals surface area contributed by atoms with Crippen LogP contribution in [0.25, 0.3) is 5.83 Å². The highest BCUT2D eigenvalue weighted by Gasteiger charge is 2.40. The van der Waals surface area contributed by atoms with Gasteiger partial charge in [0.15, 0.2) is 0 Å². The first-order valence-electron chi connectivity index (χ1n) is 10.6. The van der Waals surface area contributed by atoms with E-state index in [1.165, 1.54) is 13.8 Å². The Balaban J connectivity index is 2.31. The minimum absolute atomic E-state index is 0.0749. The number of alkyl halides is 6. The third kappa shape index (κ3) is 8.59. The van der Waals surface area contributed by atoms with Gasteiger partial charge in [-0.25, -0.2) is 4.39 Å². The number of aryl methyl sites for hydroxylation is 1. The van der Waals surface area contributed by atoms with Crippen molar-refractivity contribution in [1.29, 1.82) is 0 Å². The summed E-state index contributed by atoms with van der Waals surface area (Å²) in [5.41, 5.74) is -2.40. The summed E-state index contributed by atoms with van der Waals surface area (Å²) < 4.78 is 93.3. The summed E-state index contributed by atoms with van der Waals surface area (Å²) in [6.07, 6.45) is -8.88. The second-order valence-electron chi connectivity index (χ2n) is 8.57. The van der Waals surface area contributed by atoms with Crippen molar-refractivity contribution in [2.24, 2.45) is 0 Å². The molecule has 2 rings (SSSR count). The monoisotopic (exact) mass is 606 g/mol. The second-order valence-corrected chi connectivity index (χ2v) is 9.76. The van der Waals surface area contributed by atoms with E-state index in [0.29, 0.717) is 6.08 Å². The number of aldehydes is 1. The molecule has 0 radical (unpaired) electrons. The fraction of sp³-hybridized carbons (Fsp3) is 0.333. The summed E-state index contributed by atoms with van der Waals surface area (Å²) >= 11 is 17.4. The first-order chi connectivity index (χ1) is 17.4. The van der Waals surface area contributed by atoms with Gasteiger partial charge in [0.25, 0.3) is 5.91 Å². The van der Waals surface area contributed by atoms with Crippen LogP contribution in [0.2, 0.25) is 15.1 Å². The van der Waals surface area contributed by atoms with Gasteiger partial charge in [-0.15, -0.1) is 0 Å². The molecular weight excluding hydrogens is 588 g/mol. The second kappa shape index (κ2) is 12.2. The standard InChI is InChI=1S/C24H20Cl3F7N2O2/c1-12-5-13(3-4-15(12)21(38)36-22(2,11-37)9-35-10-23(29,30)31)19(28)8-16(24(32,33)34)14-6-17(25)20(27)18(26)7-14/h3-8,11,16,35H,9-10H2,1-2H3,(H,36,38)/b19-8-/t16?,22-/m0/s1. The number of halogens is 10. The highest BCUT2D eigenvalue weighted by molar-refractivity contribution is 6.48. The van der Waals surface area contributed by atoms with Crippen LogP contribution < -0.4 is 10.6 Å². The molecule has 0 spiro atoms. The van der Waals surface area contributed by atoms with E-state index in [4.69, 9.17) is 34.8 Å². The van der Waals surface area contributed by atoms with Crippen LogP contribution in [0.5, 0.6) is 0 Å². The first kappa shape index (κ1) is 31.9. The molecule has 0 fully saturated rings. The fourth-order valence-electron chi connectivity index (χ4n) is 3.35. The lowest BCUT2D eigenvalue weighted by atomic mass is 9.95. The highest BCUT2D eigenvalue weighted by atomic mass is 35.5. The van der Waals surface area contributed by atoms with Crippen LogP contribution in [-0.2, 0) is 4.79 Å². The zero-order chi connectivity index (χ0) is 29.1. The summed E-state index contributed by atoms with van der Waals surface area (Å²) in [5, 5.41) is 3.66. The molecule has 0 saturated heterocycles. The molecule has 208 valence electrons. The van der Waals surface area contributed by atoms with Crippen LogP contribution in [0.4, 0.5) is 30.7 Å². The smallest absolute Gasteiger partial charge is 0.339 e. The third-order valence-corrected chi connectivity index (χ3v) is 6.45. The van der Waals surface area contributed by atoms with Crippen LogP contribution in [0.3, 0.4) is 0 Å². The minimum atomic E-state index is -4.92. The SMILES string of the molecule is Cc1cc(/C(F)=C/C(c2cc(Cl)c(Cl)c(Cl)c2)C(F)(F)F)ccc1C(=O)N[C@](C)(C=O)CNCC(F)(F)F. The van der Waals surface area contributed by atoms with Gasteiger partial charge in [-0.1, -0.05) is 40.9 Å². The zero-order valence-electron chi connectivity index (χ0n) is 19.6. The Hall–Kier alpha value is -2.34. The molecule has 4 nitrogen and oxygen atoms in total. The lowest BCUT2D eigenvalue weighted by molar-refractivity contribution is -0.139. The van der Waals surface area contributed by atoms with E-state index in [-0.39, 0.29) is 38.0 Å². The van der Waals surface area contributed by atoms with E-state index in [0.717, 1.165) is 30.3 Å². The van der Waals surface area contributed by atoms with Gasteiger partial charge >= 0.3 is 12.4 Å². The molecule has 0 aliphatic carbocycles. The van der Waals surface area contributed by atoms with Crippen molar-refractivity contribution in [2.75, 3.05) is 13.1 Å². The van der Waals surface area contributed by atoms with E-state index < -0.39 is 54.2 Å². The van der Waals surface area contributed by atoms with Gasteiger partial charge in [0.2, 0.25) is 0 Å². The molecule has 38 heavy (non-hydrogen) atoms. The first-order valence-corrected chi connectivity index (χ1v) is 11.8. The number of benzene rings is 2. The number of rotatable bonds is 9. The molecule has 2 aromatic rings. The van der Waals surface area contributed by atoms with Crippen molar-refractivity contribution in [3.8, 4) is 0 Å². The normalized spacial score (nSPS) is 15.1. The molecule has 2 N–H and O–H groups in total. The average Bonchev–Trinajstić information content (AvgIpc) is 2.78. The molecule has 1 amide bonds. The number of hydrogen-bond acceptors (Lipinski definition) is 3. The van der Waals surface area contributed by atoms with Crippen molar-refractivity contribution in [3.63, 3.8) is 0 Å². The Morgan fingerprint density at radius 2 is 1.58 bits per heavy atom. The number of carbonyl (C=O) groups is 2. The van der Waals surface area contributed by atoms with Gasteiger partial charge in [-0.2, -0.15) is 26.3 Å². The van der Waals surface area contributed by atoms with Crippen LogP contribution in [0.15, 0.2) is 36.4 Å². The summed E-state index contributed by atoms with van der Waals surface area (Å²) in [4.78, 5) is 24.1. The number of carbonyl (C=O) groups excluding carboxylic acids is 2. The molecule has 0 aliphatic heterocycles. The van der Waals surface area contributed by atoms with Crippen LogP contribution in [-0.4, -0.2) is 43.2 Å². The van der Waals surface area contributed by atoms with Crippen molar-refractivity contribution >= 4 is 52.8 Å².